The molecule has 0 bridgehead atoms. The van der Waals surface area contributed by atoms with Crippen LogP contribution in [-0.4, -0.2) is 29.4 Å². The third kappa shape index (κ3) is 1.38. The predicted molar refractivity (Wildman–Crippen MR) is 68.2 cm³/mol. The van der Waals surface area contributed by atoms with Crippen molar-refractivity contribution in [1.29, 1.82) is 0 Å². The van der Waals surface area contributed by atoms with Gasteiger partial charge in [0.1, 0.15) is 6.33 Å². The van der Waals surface area contributed by atoms with Gasteiger partial charge in [-0.3, -0.25) is 0 Å². The van der Waals surface area contributed by atoms with Gasteiger partial charge in [0, 0.05) is 0 Å². The summed E-state index contributed by atoms with van der Waals surface area (Å²) in [7, 11) is 0. The van der Waals surface area contributed by atoms with Crippen LogP contribution in [0.1, 0.15) is 0 Å². The number of nitrogens with zero attached hydrogens (tertiary/aromatic N) is 5. The number of aromatic amines is 1. The molecule has 7 heteroatoms. The Morgan fingerprint density at radius 3 is 2.79 bits per heavy atom. The summed E-state index contributed by atoms with van der Waals surface area (Å²) < 4.78 is 3.20. The van der Waals surface area contributed by atoms with Crippen LogP contribution in [0.2, 0.25) is 0 Å². The van der Waals surface area contributed by atoms with Crippen molar-refractivity contribution >= 4 is 16.7 Å². The van der Waals surface area contributed by atoms with Gasteiger partial charge in [-0.1, -0.05) is 18.2 Å². The van der Waals surface area contributed by atoms with Crippen molar-refractivity contribution in [2.45, 2.75) is 0 Å². The Hall–Kier alpha value is -2.96. The number of hydrogen-bond donors (Lipinski definition) is 1. The van der Waals surface area contributed by atoms with Gasteiger partial charge >= 0.3 is 5.69 Å². The first kappa shape index (κ1) is 10.0. The van der Waals surface area contributed by atoms with E-state index in [2.05, 4.69) is 20.2 Å². The summed E-state index contributed by atoms with van der Waals surface area (Å²) in [6.07, 6.45) is 3.18. The molecule has 3 aromatic heterocycles. The van der Waals surface area contributed by atoms with E-state index in [0.717, 1.165) is 11.1 Å². The molecule has 0 fully saturated rings. The molecule has 0 aliphatic rings. The van der Waals surface area contributed by atoms with Crippen LogP contribution >= 0.6 is 0 Å². The molecular formula is C12H8N6O. The summed E-state index contributed by atoms with van der Waals surface area (Å²) in [6.45, 7) is 0. The second kappa shape index (κ2) is 3.52. The second-order valence-corrected chi connectivity index (χ2v) is 4.10. The lowest BCUT2D eigenvalue weighted by Gasteiger charge is -2.01. The zero-order chi connectivity index (χ0) is 12.8. The molecule has 0 unspecified atom stereocenters. The van der Waals surface area contributed by atoms with Gasteiger partial charge in [-0.05, 0) is 12.1 Å². The third-order valence-corrected chi connectivity index (χ3v) is 2.93. The number of fused-ring (bicyclic) bond motifs is 3. The van der Waals surface area contributed by atoms with Crippen molar-refractivity contribution in [1.82, 2.24) is 29.4 Å². The third-order valence-electron chi connectivity index (χ3n) is 2.93. The summed E-state index contributed by atoms with van der Waals surface area (Å²) in [6, 6.07) is 9.68. The zero-order valence-corrected chi connectivity index (χ0v) is 9.69. The maximum Gasteiger partial charge on any atom is 0.362 e. The van der Waals surface area contributed by atoms with Gasteiger partial charge in [0.2, 0.25) is 0 Å². The Morgan fingerprint density at radius 2 is 1.95 bits per heavy atom. The summed E-state index contributed by atoms with van der Waals surface area (Å²) >= 11 is 0. The fourth-order valence-corrected chi connectivity index (χ4v) is 2.10. The van der Waals surface area contributed by atoms with E-state index in [4.69, 9.17) is 0 Å². The topological polar surface area (TPSA) is 80.9 Å². The summed E-state index contributed by atoms with van der Waals surface area (Å²) in [5, 5.41) is 7.59. The number of aromatic nitrogens is 6. The first-order valence-corrected chi connectivity index (χ1v) is 5.69. The quantitative estimate of drug-likeness (QED) is 0.542. The SMILES string of the molecule is O=c1nc2c3cnn(-c4ccccc4)c3ncn2[nH]1. The molecule has 92 valence electrons. The number of rotatable bonds is 1. The van der Waals surface area contributed by atoms with Crippen LogP contribution in [0.3, 0.4) is 0 Å². The van der Waals surface area contributed by atoms with E-state index < -0.39 is 5.69 Å². The standard InChI is InChI=1S/C12H8N6O/c19-12-15-11-9-6-14-18(8-4-2-1-3-5-8)10(9)13-7-17(11)16-12/h1-7H,(H,16,19). The minimum Gasteiger partial charge on any atom is -0.244 e. The maximum atomic E-state index is 11.3. The van der Waals surface area contributed by atoms with Crippen molar-refractivity contribution in [3.63, 3.8) is 0 Å². The van der Waals surface area contributed by atoms with Crippen LogP contribution in [0, 0.1) is 0 Å². The number of benzene rings is 1. The molecular weight excluding hydrogens is 244 g/mol. The van der Waals surface area contributed by atoms with Crippen LogP contribution in [0.5, 0.6) is 0 Å². The minimum atomic E-state index is -0.401. The highest BCUT2D eigenvalue weighted by Gasteiger charge is 2.11. The van der Waals surface area contributed by atoms with Crippen LogP contribution in [0.4, 0.5) is 0 Å². The highest BCUT2D eigenvalue weighted by Crippen LogP contribution is 2.18. The first-order chi connectivity index (χ1) is 9.33. The van der Waals surface area contributed by atoms with E-state index in [9.17, 15) is 4.79 Å². The largest absolute Gasteiger partial charge is 0.362 e. The number of H-pyrrole nitrogens is 1. The predicted octanol–water partition coefficient (Wildman–Crippen LogP) is 0.756. The normalized spacial score (nSPS) is 11.4. The highest BCUT2D eigenvalue weighted by molar-refractivity contribution is 5.89. The number of para-hydroxylation sites is 1. The van der Waals surface area contributed by atoms with Gasteiger partial charge in [0.25, 0.3) is 0 Å². The smallest absolute Gasteiger partial charge is 0.244 e. The molecule has 0 atom stereocenters. The molecule has 0 spiro atoms. The number of nitrogens with one attached hydrogen (secondary N) is 1. The molecule has 7 nitrogen and oxygen atoms in total. The molecule has 4 rings (SSSR count). The maximum absolute atomic E-state index is 11.3. The van der Waals surface area contributed by atoms with Crippen LogP contribution in [0.25, 0.3) is 22.4 Å². The Labute approximate surface area is 106 Å². The Balaban J connectivity index is 2.10. The van der Waals surface area contributed by atoms with E-state index in [1.54, 1.807) is 10.9 Å². The molecule has 0 aliphatic heterocycles. The molecule has 1 N–H and O–H groups in total. The average molecular weight is 252 g/mol. The molecule has 0 radical (unpaired) electrons. The van der Waals surface area contributed by atoms with Crippen molar-refractivity contribution in [3.8, 4) is 5.69 Å². The Morgan fingerprint density at radius 1 is 1.11 bits per heavy atom. The Bertz CT molecular complexity index is 933. The highest BCUT2D eigenvalue weighted by atomic mass is 16.1. The molecule has 19 heavy (non-hydrogen) atoms. The van der Waals surface area contributed by atoms with Gasteiger partial charge in [0.05, 0.1) is 17.3 Å². The van der Waals surface area contributed by atoms with Gasteiger partial charge in [-0.25, -0.2) is 24.1 Å². The molecule has 1 aromatic carbocycles. The molecule has 3 heterocycles. The summed E-state index contributed by atoms with van der Waals surface area (Å²) in [4.78, 5) is 19.5. The van der Waals surface area contributed by atoms with E-state index in [0.29, 0.717) is 11.3 Å². The lowest BCUT2D eigenvalue weighted by Crippen LogP contribution is -2.02. The summed E-state index contributed by atoms with van der Waals surface area (Å²) in [5.74, 6) is 0. The van der Waals surface area contributed by atoms with E-state index >= 15 is 0 Å². The fraction of sp³-hybridized carbons (Fsp3) is 0. The summed E-state index contributed by atoms with van der Waals surface area (Å²) in [5.41, 5.74) is 1.70. The first-order valence-electron chi connectivity index (χ1n) is 5.69. The lowest BCUT2D eigenvalue weighted by atomic mass is 10.3. The monoisotopic (exact) mass is 252 g/mol. The van der Waals surface area contributed by atoms with Gasteiger partial charge < -0.3 is 0 Å². The van der Waals surface area contributed by atoms with Gasteiger partial charge in [0.15, 0.2) is 11.3 Å². The second-order valence-electron chi connectivity index (χ2n) is 4.10. The molecule has 0 aliphatic carbocycles. The van der Waals surface area contributed by atoms with Crippen molar-refractivity contribution in [2.24, 2.45) is 0 Å². The average Bonchev–Trinajstić information content (AvgIpc) is 3.01. The number of hydrogen-bond acceptors (Lipinski definition) is 4. The van der Waals surface area contributed by atoms with E-state index in [1.165, 1.54) is 10.8 Å². The lowest BCUT2D eigenvalue weighted by molar-refractivity contribution is 0.876. The molecule has 0 saturated carbocycles. The van der Waals surface area contributed by atoms with Gasteiger partial charge in [-0.15, -0.1) is 0 Å². The van der Waals surface area contributed by atoms with E-state index in [-0.39, 0.29) is 0 Å². The molecule has 4 aromatic rings. The molecule has 0 amide bonds. The fourth-order valence-electron chi connectivity index (χ4n) is 2.10. The van der Waals surface area contributed by atoms with Crippen LogP contribution in [0.15, 0.2) is 47.7 Å². The minimum absolute atomic E-state index is 0.401. The zero-order valence-electron chi connectivity index (χ0n) is 9.69. The van der Waals surface area contributed by atoms with E-state index in [1.807, 2.05) is 30.3 Å². The van der Waals surface area contributed by atoms with Crippen molar-refractivity contribution in [2.75, 3.05) is 0 Å². The van der Waals surface area contributed by atoms with Crippen LogP contribution in [-0.2, 0) is 0 Å². The van der Waals surface area contributed by atoms with Crippen molar-refractivity contribution in [3.05, 3.63) is 53.3 Å². The Kier molecular flexibility index (Phi) is 1.85. The van der Waals surface area contributed by atoms with Gasteiger partial charge in [-0.2, -0.15) is 10.1 Å². The molecule has 0 saturated heterocycles. The van der Waals surface area contributed by atoms with Crippen molar-refractivity contribution < 1.29 is 0 Å². The van der Waals surface area contributed by atoms with Crippen LogP contribution < -0.4 is 5.69 Å².